The fraction of sp³-hybridized carbons (Fsp3) is 0.632. The SMILES string of the molecule is Br.CN(C(=O)Cc1ccccc1N)[C@@H]1CCCC[C@H]1N1CCCC1. The zero-order valence-corrected chi connectivity index (χ0v) is 16.3. The number of carbonyl (C=O) groups is 1. The number of nitrogens with two attached hydrogens (primary N) is 1. The highest BCUT2D eigenvalue weighted by molar-refractivity contribution is 8.93. The summed E-state index contributed by atoms with van der Waals surface area (Å²) in [6.07, 6.45) is 7.92. The van der Waals surface area contributed by atoms with Crippen molar-refractivity contribution < 1.29 is 4.79 Å². The number of nitrogens with zero attached hydrogens (tertiary/aromatic N) is 2. The highest BCUT2D eigenvalue weighted by Crippen LogP contribution is 2.29. The van der Waals surface area contributed by atoms with Crippen molar-refractivity contribution in [3.05, 3.63) is 29.8 Å². The van der Waals surface area contributed by atoms with E-state index < -0.39 is 0 Å². The van der Waals surface area contributed by atoms with Crippen LogP contribution in [0.2, 0.25) is 0 Å². The quantitative estimate of drug-likeness (QED) is 0.795. The van der Waals surface area contributed by atoms with Gasteiger partial charge in [0.05, 0.1) is 6.42 Å². The Morgan fingerprint density at radius 1 is 1.17 bits per heavy atom. The van der Waals surface area contributed by atoms with Gasteiger partial charge in [0, 0.05) is 24.8 Å². The summed E-state index contributed by atoms with van der Waals surface area (Å²) in [6, 6.07) is 8.60. The summed E-state index contributed by atoms with van der Waals surface area (Å²) in [5.74, 6) is 0.194. The summed E-state index contributed by atoms with van der Waals surface area (Å²) in [7, 11) is 1.99. The van der Waals surface area contributed by atoms with Gasteiger partial charge < -0.3 is 10.6 Å². The average molecular weight is 396 g/mol. The number of anilines is 1. The van der Waals surface area contributed by atoms with E-state index in [2.05, 4.69) is 4.90 Å². The number of likely N-dealkylation sites (tertiary alicyclic amines) is 1. The van der Waals surface area contributed by atoms with E-state index in [0.29, 0.717) is 24.2 Å². The molecule has 4 nitrogen and oxygen atoms in total. The van der Waals surface area contributed by atoms with E-state index in [0.717, 1.165) is 12.0 Å². The second-order valence-electron chi connectivity index (χ2n) is 7.04. The van der Waals surface area contributed by atoms with Gasteiger partial charge >= 0.3 is 0 Å². The molecular weight excluding hydrogens is 366 g/mol. The third kappa shape index (κ3) is 4.31. The number of benzene rings is 1. The maximum atomic E-state index is 12.8. The van der Waals surface area contributed by atoms with Crippen LogP contribution in [0.3, 0.4) is 0 Å². The van der Waals surface area contributed by atoms with Crippen molar-refractivity contribution in [1.82, 2.24) is 9.80 Å². The number of likely N-dealkylation sites (N-methyl/N-ethyl adjacent to an activating group) is 1. The van der Waals surface area contributed by atoms with Crippen molar-refractivity contribution in [2.75, 3.05) is 25.9 Å². The molecule has 1 saturated carbocycles. The molecule has 0 bridgehead atoms. The van der Waals surface area contributed by atoms with Crippen LogP contribution in [-0.4, -0.2) is 47.9 Å². The van der Waals surface area contributed by atoms with Crippen LogP contribution in [0, 0.1) is 0 Å². The number of rotatable bonds is 4. The van der Waals surface area contributed by atoms with E-state index in [1.54, 1.807) is 0 Å². The summed E-state index contributed by atoms with van der Waals surface area (Å²) in [5, 5.41) is 0. The number of carbonyl (C=O) groups excluding carboxylic acids is 1. The van der Waals surface area contributed by atoms with Crippen LogP contribution in [0.4, 0.5) is 5.69 Å². The van der Waals surface area contributed by atoms with Crippen molar-refractivity contribution in [1.29, 1.82) is 0 Å². The molecule has 0 radical (unpaired) electrons. The molecule has 2 fully saturated rings. The molecule has 0 spiro atoms. The molecule has 5 heteroatoms. The number of para-hydroxylation sites is 1. The molecule has 1 aliphatic heterocycles. The summed E-state index contributed by atoms with van der Waals surface area (Å²) < 4.78 is 0. The first kappa shape index (κ1) is 19.3. The molecule has 1 aromatic rings. The highest BCUT2D eigenvalue weighted by Gasteiger charge is 2.35. The first-order chi connectivity index (χ1) is 11.2. The largest absolute Gasteiger partial charge is 0.398 e. The van der Waals surface area contributed by atoms with Gasteiger partial charge in [0.1, 0.15) is 0 Å². The topological polar surface area (TPSA) is 49.6 Å². The predicted molar refractivity (Wildman–Crippen MR) is 105 cm³/mol. The monoisotopic (exact) mass is 395 g/mol. The normalized spacial score (nSPS) is 24.4. The lowest BCUT2D eigenvalue weighted by atomic mass is 9.88. The van der Waals surface area contributed by atoms with Crippen LogP contribution in [0.15, 0.2) is 24.3 Å². The molecule has 0 aromatic heterocycles. The van der Waals surface area contributed by atoms with Crippen LogP contribution in [0.25, 0.3) is 0 Å². The minimum atomic E-state index is 0. The molecule has 1 aromatic carbocycles. The van der Waals surface area contributed by atoms with Crippen LogP contribution < -0.4 is 5.73 Å². The maximum Gasteiger partial charge on any atom is 0.227 e. The van der Waals surface area contributed by atoms with Crippen LogP contribution in [0.5, 0.6) is 0 Å². The Labute approximate surface area is 156 Å². The fourth-order valence-corrected chi connectivity index (χ4v) is 4.21. The molecule has 2 aliphatic rings. The van der Waals surface area contributed by atoms with E-state index in [1.165, 1.54) is 45.2 Å². The van der Waals surface area contributed by atoms with Gasteiger partial charge in [-0.2, -0.15) is 0 Å². The lowest BCUT2D eigenvalue weighted by molar-refractivity contribution is -0.133. The third-order valence-electron chi connectivity index (χ3n) is 5.59. The Balaban J connectivity index is 0.00000208. The van der Waals surface area contributed by atoms with Crippen molar-refractivity contribution in [3.63, 3.8) is 0 Å². The molecule has 2 N–H and O–H groups in total. The molecule has 1 aliphatic carbocycles. The van der Waals surface area contributed by atoms with Crippen molar-refractivity contribution in [2.45, 2.75) is 57.0 Å². The Morgan fingerprint density at radius 2 is 1.83 bits per heavy atom. The number of halogens is 1. The molecule has 2 atom stereocenters. The van der Waals surface area contributed by atoms with Gasteiger partial charge in [0.15, 0.2) is 0 Å². The molecule has 134 valence electrons. The zero-order chi connectivity index (χ0) is 16.2. The fourth-order valence-electron chi connectivity index (χ4n) is 4.21. The summed E-state index contributed by atoms with van der Waals surface area (Å²) in [4.78, 5) is 17.4. The Bertz CT molecular complexity index is 545. The smallest absolute Gasteiger partial charge is 0.227 e. The average Bonchev–Trinajstić information content (AvgIpc) is 3.10. The van der Waals surface area contributed by atoms with E-state index in [4.69, 9.17) is 5.73 Å². The van der Waals surface area contributed by atoms with E-state index in [9.17, 15) is 4.79 Å². The number of amides is 1. The van der Waals surface area contributed by atoms with Gasteiger partial charge in [-0.25, -0.2) is 0 Å². The second-order valence-corrected chi connectivity index (χ2v) is 7.04. The summed E-state index contributed by atoms with van der Waals surface area (Å²) in [6.45, 7) is 2.41. The summed E-state index contributed by atoms with van der Waals surface area (Å²) >= 11 is 0. The molecule has 1 heterocycles. The lowest BCUT2D eigenvalue weighted by Crippen LogP contribution is -2.53. The lowest BCUT2D eigenvalue weighted by Gasteiger charge is -2.42. The van der Waals surface area contributed by atoms with Crippen LogP contribution in [-0.2, 0) is 11.2 Å². The number of nitrogen functional groups attached to an aromatic ring is 1. The standard InChI is InChI=1S/C19H29N3O.BrH/c1-21(19(23)14-15-8-2-3-9-16(15)20)17-10-4-5-11-18(17)22-12-6-7-13-22;/h2-3,8-9,17-18H,4-7,10-14,20H2,1H3;1H/t17-,18-;/m1./s1. The molecule has 1 saturated heterocycles. The van der Waals surface area contributed by atoms with Gasteiger partial charge in [-0.1, -0.05) is 31.0 Å². The predicted octanol–water partition coefficient (Wildman–Crippen LogP) is 3.25. The van der Waals surface area contributed by atoms with Crippen LogP contribution >= 0.6 is 17.0 Å². The maximum absolute atomic E-state index is 12.8. The van der Waals surface area contributed by atoms with E-state index >= 15 is 0 Å². The van der Waals surface area contributed by atoms with E-state index in [-0.39, 0.29) is 22.9 Å². The van der Waals surface area contributed by atoms with Gasteiger partial charge in [-0.15, -0.1) is 17.0 Å². The second kappa shape index (κ2) is 8.86. The van der Waals surface area contributed by atoms with Crippen LogP contribution in [0.1, 0.15) is 44.1 Å². The zero-order valence-electron chi connectivity index (χ0n) is 14.6. The minimum Gasteiger partial charge on any atom is -0.398 e. The molecule has 3 rings (SSSR count). The number of hydrogen-bond donors (Lipinski definition) is 1. The highest BCUT2D eigenvalue weighted by atomic mass is 79.9. The first-order valence-electron chi connectivity index (χ1n) is 9.00. The van der Waals surface area contributed by atoms with E-state index in [1.807, 2.05) is 36.2 Å². The molecule has 24 heavy (non-hydrogen) atoms. The van der Waals surface area contributed by atoms with Crippen molar-refractivity contribution in [2.24, 2.45) is 0 Å². The third-order valence-corrected chi connectivity index (χ3v) is 5.59. The Hall–Kier alpha value is -1.07. The summed E-state index contributed by atoms with van der Waals surface area (Å²) in [5.41, 5.74) is 7.65. The Morgan fingerprint density at radius 3 is 2.54 bits per heavy atom. The minimum absolute atomic E-state index is 0. The van der Waals surface area contributed by atoms with Crippen molar-refractivity contribution in [3.8, 4) is 0 Å². The van der Waals surface area contributed by atoms with Gasteiger partial charge in [0.25, 0.3) is 0 Å². The number of hydrogen-bond acceptors (Lipinski definition) is 3. The van der Waals surface area contributed by atoms with Crippen molar-refractivity contribution >= 4 is 28.6 Å². The molecule has 1 amide bonds. The van der Waals surface area contributed by atoms with Gasteiger partial charge in [0.2, 0.25) is 5.91 Å². The van der Waals surface area contributed by atoms with Gasteiger partial charge in [-0.05, 0) is 50.4 Å². The molecular formula is C19H30BrN3O. The van der Waals surface area contributed by atoms with Gasteiger partial charge in [-0.3, -0.25) is 9.69 Å². The Kier molecular flexibility index (Phi) is 7.11. The molecule has 0 unspecified atom stereocenters. The first-order valence-corrected chi connectivity index (χ1v) is 9.00.